The summed E-state index contributed by atoms with van der Waals surface area (Å²) in [7, 11) is 3.52. The molecule has 0 bridgehead atoms. The molecule has 0 radical (unpaired) electrons. The van der Waals surface area contributed by atoms with E-state index in [0.29, 0.717) is 18.0 Å². The van der Waals surface area contributed by atoms with Gasteiger partial charge in [0.25, 0.3) is 0 Å². The highest BCUT2D eigenvalue weighted by atomic mass is 35.5. The van der Waals surface area contributed by atoms with Crippen molar-refractivity contribution in [2.75, 3.05) is 26.0 Å². The van der Waals surface area contributed by atoms with Crippen LogP contribution in [-0.2, 0) is 11.2 Å². The summed E-state index contributed by atoms with van der Waals surface area (Å²) in [5.41, 5.74) is 3.75. The van der Waals surface area contributed by atoms with E-state index in [1.165, 1.54) is 10.6 Å². The number of aryl methyl sites for hydroxylation is 1. The van der Waals surface area contributed by atoms with Gasteiger partial charge in [-0.2, -0.15) is 5.10 Å². The van der Waals surface area contributed by atoms with Crippen molar-refractivity contribution in [1.82, 2.24) is 9.91 Å². The fourth-order valence-corrected chi connectivity index (χ4v) is 3.68. The molecule has 2 aromatic carbocycles. The van der Waals surface area contributed by atoms with Gasteiger partial charge in [-0.1, -0.05) is 42.8 Å². The third kappa shape index (κ3) is 6.07. The van der Waals surface area contributed by atoms with E-state index in [0.717, 1.165) is 36.2 Å². The summed E-state index contributed by atoms with van der Waals surface area (Å²) in [6, 6.07) is 15.0. The molecule has 0 aliphatic carbocycles. The third-order valence-electron chi connectivity index (χ3n) is 5.44. The van der Waals surface area contributed by atoms with Gasteiger partial charge in [-0.05, 0) is 54.7 Å². The summed E-state index contributed by atoms with van der Waals surface area (Å²) in [4.78, 5) is 26.4. The molecular formula is C24H29ClN4O2. The van der Waals surface area contributed by atoms with Crippen molar-refractivity contribution in [2.45, 2.75) is 32.6 Å². The largest absolute Gasteiger partial charge is 0.349 e. The summed E-state index contributed by atoms with van der Waals surface area (Å²) in [6.07, 6.45) is 2.94. The zero-order valence-electron chi connectivity index (χ0n) is 18.3. The van der Waals surface area contributed by atoms with Gasteiger partial charge in [-0.25, -0.2) is 9.80 Å². The molecule has 1 heterocycles. The van der Waals surface area contributed by atoms with E-state index < -0.39 is 0 Å². The molecule has 3 rings (SSSR count). The predicted molar refractivity (Wildman–Crippen MR) is 126 cm³/mol. The van der Waals surface area contributed by atoms with Gasteiger partial charge in [0.2, 0.25) is 5.91 Å². The minimum atomic E-state index is -0.262. The standard InChI is InChI=1S/C24H29ClN4O2/c1-4-17-8-14-21(15-9-17)26-24(31)29-16-19(6-5-7-22(30)28(2)3)23(27-29)18-10-12-20(25)13-11-18/h8-15,19H,4-7,16H2,1-3H3,(H,26,31). The van der Waals surface area contributed by atoms with Gasteiger partial charge in [0.1, 0.15) is 0 Å². The Balaban J connectivity index is 1.72. The van der Waals surface area contributed by atoms with E-state index in [2.05, 4.69) is 17.3 Å². The van der Waals surface area contributed by atoms with Gasteiger partial charge in [-0.3, -0.25) is 4.79 Å². The number of rotatable bonds is 7. The van der Waals surface area contributed by atoms with Gasteiger partial charge in [0.05, 0.1) is 12.3 Å². The minimum Gasteiger partial charge on any atom is -0.349 e. The Bertz CT molecular complexity index is 939. The first-order chi connectivity index (χ1) is 14.9. The monoisotopic (exact) mass is 440 g/mol. The second kappa shape index (κ2) is 10.4. The Morgan fingerprint density at radius 1 is 1.13 bits per heavy atom. The Morgan fingerprint density at radius 2 is 1.81 bits per heavy atom. The highest BCUT2D eigenvalue weighted by Crippen LogP contribution is 2.26. The zero-order chi connectivity index (χ0) is 22.4. The Hall–Kier alpha value is -2.86. The maximum absolute atomic E-state index is 12.8. The first kappa shape index (κ1) is 22.8. The molecule has 7 heteroatoms. The fourth-order valence-electron chi connectivity index (χ4n) is 3.55. The number of amides is 3. The average Bonchev–Trinajstić information content (AvgIpc) is 3.19. The van der Waals surface area contributed by atoms with Crippen LogP contribution >= 0.6 is 11.6 Å². The van der Waals surface area contributed by atoms with Crippen LogP contribution in [0.3, 0.4) is 0 Å². The smallest absolute Gasteiger partial charge is 0.342 e. The van der Waals surface area contributed by atoms with Gasteiger partial charge in [0.15, 0.2) is 0 Å². The van der Waals surface area contributed by atoms with Crippen LogP contribution in [0.5, 0.6) is 0 Å². The van der Waals surface area contributed by atoms with Gasteiger partial charge < -0.3 is 10.2 Å². The topological polar surface area (TPSA) is 65.0 Å². The van der Waals surface area contributed by atoms with Crippen molar-refractivity contribution >= 4 is 34.9 Å². The number of urea groups is 1. The van der Waals surface area contributed by atoms with E-state index in [1.54, 1.807) is 19.0 Å². The molecule has 0 spiro atoms. The van der Waals surface area contributed by atoms with Crippen LogP contribution in [0.1, 0.15) is 37.3 Å². The lowest BCUT2D eigenvalue weighted by molar-refractivity contribution is -0.128. The SMILES string of the molecule is CCc1ccc(NC(=O)N2CC(CCCC(=O)N(C)C)C(c3ccc(Cl)cc3)=N2)cc1. The summed E-state index contributed by atoms with van der Waals surface area (Å²) >= 11 is 6.04. The average molecular weight is 441 g/mol. The molecule has 1 aliphatic heterocycles. The summed E-state index contributed by atoms with van der Waals surface area (Å²) in [5, 5.41) is 9.69. The number of hydrogen-bond acceptors (Lipinski definition) is 3. The first-order valence-electron chi connectivity index (χ1n) is 10.6. The number of nitrogens with zero attached hydrogens (tertiary/aromatic N) is 3. The number of hydrazone groups is 1. The quantitative estimate of drug-likeness (QED) is 0.656. The van der Waals surface area contributed by atoms with Crippen molar-refractivity contribution in [1.29, 1.82) is 0 Å². The van der Waals surface area contributed by atoms with Crippen LogP contribution in [0.2, 0.25) is 5.02 Å². The molecule has 0 saturated carbocycles. The number of halogens is 1. The number of nitrogens with one attached hydrogen (secondary N) is 1. The van der Waals surface area contributed by atoms with Crippen molar-refractivity contribution < 1.29 is 9.59 Å². The molecular weight excluding hydrogens is 412 g/mol. The highest BCUT2D eigenvalue weighted by molar-refractivity contribution is 6.30. The van der Waals surface area contributed by atoms with Crippen LogP contribution in [-0.4, -0.2) is 48.2 Å². The predicted octanol–water partition coefficient (Wildman–Crippen LogP) is 5.03. The number of carbonyl (C=O) groups excluding carboxylic acids is 2. The molecule has 0 fully saturated rings. The normalized spacial score (nSPS) is 15.5. The van der Waals surface area contributed by atoms with Crippen LogP contribution in [0.25, 0.3) is 0 Å². The van der Waals surface area contributed by atoms with E-state index in [9.17, 15) is 9.59 Å². The van der Waals surface area contributed by atoms with Crippen molar-refractivity contribution in [2.24, 2.45) is 11.0 Å². The molecule has 0 aromatic heterocycles. The van der Waals surface area contributed by atoms with Crippen LogP contribution < -0.4 is 5.32 Å². The van der Waals surface area contributed by atoms with E-state index in [4.69, 9.17) is 11.6 Å². The number of hydrogen-bond donors (Lipinski definition) is 1. The first-order valence-corrected chi connectivity index (χ1v) is 11.0. The van der Waals surface area contributed by atoms with Crippen LogP contribution in [0.15, 0.2) is 53.6 Å². The minimum absolute atomic E-state index is 0.0596. The fraction of sp³-hybridized carbons (Fsp3) is 0.375. The summed E-state index contributed by atoms with van der Waals surface area (Å²) in [6.45, 7) is 2.57. The van der Waals surface area contributed by atoms with Crippen LogP contribution in [0.4, 0.5) is 10.5 Å². The van der Waals surface area contributed by atoms with Crippen molar-refractivity contribution in [3.8, 4) is 0 Å². The lowest BCUT2D eigenvalue weighted by atomic mass is 9.92. The van der Waals surface area contributed by atoms with E-state index >= 15 is 0 Å². The summed E-state index contributed by atoms with van der Waals surface area (Å²) in [5.74, 6) is 0.164. The molecule has 3 amide bonds. The van der Waals surface area contributed by atoms with E-state index in [1.807, 2.05) is 48.5 Å². The number of carbonyl (C=O) groups is 2. The van der Waals surface area contributed by atoms with Crippen LogP contribution in [0, 0.1) is 5.92 Å². The van der Waals surface area contributed by atoms with Crippen molar-refractivity contribution in [3.05, 3.63) is 64.7 Å². The van der Waals surface area contributed by atoms with Gasteiger partial charge >= 0.3 is 6.03 Å². The Kier molecular flexibility index (Phi) is 7.69. The third-order valence-corrected chi connectivity index (χ3v) is 5.69. The Morgan fingerprint density at radius 3 is 2.42 bits per heavy atom. The number of benzene rings is 2. The van der Waals surface area contributed by atoms with Gasteiger partial charge in [-0.15, -0.1) is 0 Å². The summed E-state index contributed by atoms with van der Waals surface area (Å²) < 4.78 is 0. The molecule has 6 nitrogen and oxygen atoms in total. The maximum Gasteiger partial charge on any atom is 0.342 e. The second-order valence-electron chi connectivity index (χ2n) is 7.93. The van der Waals surface area contributed by atoms with Gasteiger partial charge in [0, 0.05) is 37.1 Å². The lowest BCUT2D eigenvalue weighted by Gasteiger charge is -2.16. The maximum atomic E-state index is 12.8. The van der Waals surface area contributed by atoms with E-state index in [-0.39, 0.29) is 17.9 Å². The zero-order valence-corrected chi connectivity index (χ0v) is 19.0. The molecule has 1 atom stereocenters. The molecule has 0 saturated heterocycles. The molecule has 1 aliphatic rings. The molecule has 164 valence electrons. The Labute approximate surface area is 188 Å². The highest BCUT2D eigenvalue weighted by Gasteiger charge is 2.31. The second-order valence-corrected chi connectivity index (χ2v) is 8.37. The lowest BCUT2D eigenvalue weighted by Crippen LogP contribution is -2.30. The van der Waals surface area contributed by atoms with Crippen molar-refractivity contribution in [3.63, 3.8) is 0 Å². The molecule has 2 aromatic rings. The molecule has 1 unspecified atom stereocenters. The number of anilines is 1. The molecule has 31 heavy (non-hydrogen) atoms. The molecule has 1 N–H and O–H groups in total.